The van der Waals surface area contributed by atoms with E-state index >= 15 is 0 Å². The summed E-state index contributed by atoms with van der Waals surface area (Å²) in [6, 6.07) is 5.73. The van der Waals surface area contributed by atoms with Crippen LogP contribution in [0.5, 0.6) is 0 Å². The van der Waals surface area contributed by atoms with Gasteiger partial charge in [0.2, 0.25) is 0 Å². The summed E-state index contributed by atoms with van der Waals surface area (Å²) in [6.45, 7) is 3.00. The fourth-order valence-corrected chi connectivity index (χ4v) is 1.91. The molecule has 15 heavy (non-hydrogen) atoms. The van der Waals surface area contributed by atoms with E-state index < -0.39 is 0 Å². The quantitative estimate of drug-likeness (QED) is 0.870. The Kier molecular flexibility index (Phi) is 2.93. The Balaban J connectivity index is 2.59. The number of fused-ring (bicyclic) bond motifs is 1. The van der Waals surface area contributed by atoms with Crippen molar-refractivity contribution in [2.24, 2.45) is 0 Å². The van der Waals surface area contributed by atoms with Gasteiger partial charge in [0.25, 0.3) is 0 Å². The van der Waals surface area contributed by atoms with E-state index in [0.29, 0.717) is 5.15 Å². The molecule has 0 bridgehead atoms. The SMILES string of the molecule is CCCn1nc(Cl)c2cc(CO)ccc21. The van der Waals surface area contributed by atoms with Crippen LogP contribution in [0.2, 0.25) is 5.15 Å². The Morgan fingerprint density at radius 3 is 2.93 bits per heavy atom. The molecule has 0 saturated carbocycles. The van der Waals surface area contributed by atoms with E-state index in [1.807, 2.05) is 22.9 Å². The molecule has 0 unspecified atom stereocenters. The molecule has 1 heterocycles. The summed E-state index contributed by atoms with van der Waals surface area (Å²) in [5.74, 6) is 0. The van der Waals surface area contributed by atoms with E-state index in [9.17, 15) is 0 Å². The van der Waals surface area contributed by atoms with Crippen molar-refractivity contribution in [3.8, 4) is 0 Å². The van der Waals surface area contributed by atoms with Gasteiger partial charge in [-0.1, -0.05) is 24.6 Å². The van der Waals surface area contributed by atoms with Crippen LogP contribution in [-0.4, -0.2) is 14.9 Å². The van der Waals surface area contributed by atoms with Crippen molar-refractivity contribution in [3.63, 3.8) is 0 Å². The van der Waals surface area contributed by atoms with Crippen LogP contribution in [0.4, 0.5) is 0 Å². The summed E-state index contributed by atoms with van der Waals surface area (Å²) < 4.78 is 1.90. The Hall–Kier alpha value is -1.06. The van der Waals surface area contributed by atoms with Crippen LogP contribution in [0.25, 0.3) is 10.9 Å². The van der Waals surface area contributed by atoms with Crippen molar-refractivity contribution >= 4 is 22.5 Å². The predicted octanol–water partition coefficient (Wildman–Crippen LogP) is 2.59. The van der Waals surface area contributed by atoms with Crippen LogP contribution < -0.4 is 0 Å². The monoisotopic (exact) mass is 224 g/mol. The maximum absolute atomic E-state index is 9.03. The van der Waals surface area contributed by atoms with Crippen LogP contribution in [0.1, 0.15) is 18.9 Å². The standard InChI is InChI=1S/C11H13ClN2O/c1-2-5-14-10-4-3-8(7-15)6-9(10)11(12)13-14/h3-4,6,15H,2,5,7H2,1H3. The van der Waals surface area contributed by atoms with E-state index in [0.717, 1.165) is 29.4 Å². The molecule has 0 saturated heterocycles. The van der Waals surface area contributed by atoms with Crippen molar-refractivity contribution in [1.82, 2.24) is 9.78 Å². The van der Waals surface area contributed by atoms with Crippen LogP contribution in [0.15, 0.2) is 18.2 Å². The van der Waals surface area contributed by atoms with E-state index in [1.165, 1.54) is 0 Å². The highest BCUT2D eigenvalue weighted by Gasteiger charge is 2.08. The summed E-state index contributed by atoms with van der Waals surface area (Å²) >= 11 is 6.03. The van der Waals surface area contributed by atoms with Gasteiger partial charge in [0.05, 0.1) is 12.1 Å². The second-order valence-electron chi connectivity index (χ2n) is 3.52. The molecule has 0 radical (unpaired) electrons. The van der Waals surface area contributed by atoms with E-state index in [-0.39, 0.29) is 6.61 Å². The van der Waals surface area contributed by atoms with Crippen LogP contribution in [0.3, 0.4) is 0 Å². The van der Waals surface area contributed by atoms with Gasteiger partial charge in [-0.15, -0.1) is 0 Å². The van der Waals surface area contributed by atoms with E-state index in [2.05, 4.69) is 12.0 Å². The Labute approximate surface area is 93.3 Å². The third kappa shape index (κ3) is 1.85. The zero-order valence-corrected chi connectivity index (χ0v) is 9.33. The lowest BCUT2D eigenvalue weighted by molar-refractivity contribution is 0.282. The van der Waals surface area contributed by atoms with Gasteiger partial charge in [0.1, 0.15) is 0 Å². The smallest absolute Gasteiger partial charge is 0.158 e. The van der Waals surface area contributed by atoms with Crippen molar-refractivity contribution in [2.75, 3.05) is 0 Å². The first-order chi connectivity index (χ1) is 7.26. The number of aromatic nitrogens is 2. The molecule has 2 rings (SSSR count). The number of nitrogens with zero attached hydrogens (tertiary/aromatic N) is 2. The van der Waals surface area contributed by atoms with Crippen molar-refractivity contribution in [2.45, 2.75) is 26.5 Å². The summed E-state index contributed by atoms with van der Waals surface area (Å²) in [5, 5.41) is 14.7. The molecule has 0 aliphatic carbocycles. The fraction of sp³-hybridized carbons (Fsp3) is 0.364. The molecule has 0 amide bonds. The lowest BCUT2D eigenvalue weighted by Crippen LogP contribution is -1.98. The zero-order chi connectivity index (χ0) is 10.8. The lowest BCUT2D eigenvalue weighted by Gasteiger charge is -2.00. The highest BCUT2D eigenvalue weighted by molar-refractivity contribution is 6.34. The second-order valence-corrected chi connectivity index (χ2v) is 3.88. The molecule has 0 aliphatic heterocycles. The van der Waals surface area contributed by atoms with Gasteiger partial charge in [0, 0.05) is 11.9 Å². The summed E-state index contributed by atoms with van der Waals surface area (Å²) in [4.78, 5) is 0. The minimum absolute atomic E-state index is 0.0330. The van der Waals surface area contributed by atoms with Crippen LogP contribution in [0, 0.1) is 0 Å². The molecular weight excluding hydrogens is 212 g/mol. The summed E-state index contributed by atoms with van der Waals surface area (Å²) in [6.07, 6.45) is 1.02. The first kappa shape index (κ1) is 10.5. The van der Waals surface area contributed by atoms with Gasteiger partial charge in [-0.3, -0.25) is 4.68 Å². The molecule has 3 nitrogen and oxygen atoms in total. The predicted molar refractivity (Wildman–Crippen MR) is 61.0 cm³/mol. The fourth-order valence-electron chi connectivity index (χ4n) is 1.67. The molecule has 0 atom stereocenters. The summed E-state index contributed by atoms with van der Waals surface area (Å²) in [5.41, 5.74) is 1.89. The molecule has 0 fully saturated rings. The third-order valence-corrected chi connectivity index (χ3v) is 2.67. The number of aryl methyl sites for hydroxylation is 1. The zero-order valence-electron chi connectivity index (χ0n) is 8.57. The molecule has 4 heteroatoms. The topological polar surface area (TPSA) is 38.0 Å². The minimum atomic E-state index is 0.0330. The van der Waals surface area contributed by atoms with Crippen molar-refractivity contribution < 1.29 is 5.11 Å². The average Bonchev–Trinajstić information content (AvgIpc) is 2.56. The van der Waals surface area contributed by atoms with Gasteiger partial charge in [0.15, 0.2) is 5.15 Å². The normalized spacial score (nSPS) is 11.1. The molecule has 1 N–H and O–H groups in total. The second kappa shape index (κ2) is 4.21. The number of rotatable bonds is 3. The first-order valence-electron chi connectivity index (χ1n) is 5.02. The Bertz CT molecular complexity index is 479. The van der Waals surface area contributed by atoms with Crippen molar-refractivity contribution in [1.29, 1.82) is 0 Å². The number of hydrogen-bond donors (Lipinski definition) is 1. The number of benzene rings is 1. The van der Waals surface area contributed by atoms with Gasteiger partial charge in [-0.25, -0.2) is 0 Å². The molecule has 1 aromatic carbocycles. The number of aliphatic hydroxyl groups is 1. The molecular formula is C11H13ClN2O. The number of halogens is 1. The number of aliphatic hydroxyl groups excluding tert-OH is 1. The lowest BCUT2D eigenvalue weighted by atomic mass is 10.2. The van der Waals surface area contributed by atoms with Gasteiger partial charge in [-0.2, -0.15) is 5.10 Å². The van der Waals surface area contributed by atoms with Crippen LogP contribution in [-0.2, 0) is 13.2 Å². The molecule has 0 spiro atoms. The molecule has 0 aliphatic rings. The van der Waals surface area contributed by atoms with Gasteiger partial charge < -0.3 is 5.11 Å². The highest BCUT2D eigenvalue weighted by Crippen LogP contribution is 2.24. The Morgan fingerprint density at radius 1 is 1.47 bits per heavy atom. The third-order valence-electron chi connectivity index (χ3n) is 2.39. The largest absolute Gasteiger partial charge is 0.392 e. The van der Waals surface area contributed by atoms with Gasteiger partial charge in [-0.05, 0) is 24.1 Å². The van der Waals surface area contributed by atoms with E-state index in [1.54, 1.807) is 0 Å². The minimum Gasteiger partial charge on any atom is -0.392 e. The molecule has 80 valence electrons. The number of hydrogen-bond acceptors (Lipinski definition) is 2. The maximum atomic E-state index is 9.03. The van der Waals surface area contributed by atoms with E-state index in [4.69, 9.17) is 16.7 Å². The average molecular weight is 225 g/mol. The summed E-state index contributed by atoms with van der Waals surface area (Å²) in [7, 11) is 0. The van der Waals surface area contributed by atoms with Crippen LogP contribution >= 0.6 is 11.6 Å². The first-order valence-corrected chi connectivity index (χ1v) is 5.40. The molecule has 2 aromatic rings. The highest BCUT2D eigenvalue weighted by atomic mass is 35.5. The Morgan fingerprint density at radius 2 is 2.27 bits per heavy atom. The molecule has 1 aromatic heterocycles. The van der Waals surface area contributed by atoms with Gasteiger partial charge >= 0.3 is 0 Å². The van der Waals surface area contributed by atoms with Crippen molar-refractivity contribution in [3.05, 3.63) is 28.9 Å². The maximum Gasteiger partial charge on any atom is 0.158 e.